The summed E-state index contributed by atoms with van der Waals surface area (Å²) >= 11 is 0. The van der Waals surface area contributed by atoms with E-state index in [2.05, 4.69) is 35.9 Å². The Morgan fingerprint density at radius 2 is 1.63 bits per heavy atom. The maximum absolute atomic E-state index is 14.4. The first-order valence-electron chi connectivity index (χ1n) is 13.2. The lowest BCUT2D eigenvalue weighted by atomic mass is 9.63. The molecular weight excluding hydrogens is 483 g/mol. The molecule has 3 aliphatic rings. The molecule has 38 heavy (non-hydrogen) atoms. The summed E-state index contributed by atoms with van der Waals surface area (Å²) in [5, 5.41) is 0. The van der Waals surface area contributed by atoms with Crippen molar-refractivity contribution in [2.45, 2.75) is 63.7 Å². The van der Waals surface area contributed by atoms with E-state index in [1.165, 1.54) is 11.8 Å². The van der Waals surface area contributed by atoms with Gasteiger partial charge in [0.25, 0.3) is 0 Å². The van der Waals surface area contributed by atoms with E-state index < -0.39 is 5.82 Å². The number of ether oxygens (including phenoxy) is 2. The number of aromatic nitrogens is 2. The summed E-state index contributed by atoms with van der Waals surface area (Å²) in [5.41, 5.74) is 8.26. The maximum atomic E-state index is 14.4. The number of benzene rings is 2. The van der Waals surface area contributed by atoms with Crippen LogP contribution in [0.3, 0.4) is 0 Å². The van der Waals surface area contributed by atoms with Crippen LogP contribution in [0.5, 0.6) is 11.5 Å². The Kier molecular flexibility index (Phi) is 6.10. The molecule has 2 heterocycles. The average Bonchev–Trinajstić information content (AvgIpc) is 2.85. The van der Waals surface area contributed by atoms with E-state index in [1.807, 2.05) is 41.3 Å². The predicted molar refractivity (Wildman–Crippen MR) is 142 cm³/mol. The van der Waals surface area contributed by atoms with Gasteiger partial charge in [0.15, 0.2) is 5.82 Å². The van der Waals surface area contributed by atoms with Crippen molar-refractivity contribution >= 4 is 11.7 Å². The number of ketones is 1. The van der Waals surface area contributed by atoms with Gasteiger partial charge in [0.2, 0.25) is 5.95 Å². The lowest BCUT2D eigenvalue weighted by Crippen LogP contribution is -2.63. The van der Waals surface area contributed by atoms with E-state index in [0.29, 0.717) is 30.3 Å². The molecular formula is C30H33FN4O3. The summed E-state index contributed by atoms with van der Waals surface area (Å²) < 4.78 is 26.3. The van der Waals surface area contributed by atoms with Crippen LogP contribution in [0, 0.1) is 11.2 Å². The van der Waals surface area contributed by atoms with Crippen molar-refractivity contribution in [2.24, 2.45) is 11.1 Å². The number of carbonyl (C=O) groups is 1. The molecule has 1 spiro atoms. The lowest BCUT2D eigenvalue weighted by Gasteiger charge is -2.54. The van der Waals surface area contributed by atoms with Crippen LogP contribution in [-0.4, -0.2) is 41.0 Å². The fourth-order valence-electron chi connectivity index (χ4n) is 5.69. The van der Waals surface area contributed by atoms with Gasteiger partial charge in [-0.2, -0.15) is 0 Å². The van der Waals surface area contributed by atoms with Gasteiger partial charge < -0.3 is 20.1 Å². The van der Waals surface area contributed by atoms with Crippen molar-refractivity contribution in [3.63, 3.8) is 0 Å². The molecule has 198 valence electrons. The van der Waals surface area contributed by atoms with E-state index in [1.54, 1.807) is 0 Å². The quantitative estimate of drug-likeness (QED) is 0.469. The first-order chi connectivity index (χ1) is 18.2. The van der Waals surface area contributed by atoms with Crippen molar-refractivity contribution in [3.8, 4) is 11.5 Å². The van der Waals surface area contributed by atoms with Crippen LogP contribution in [0.4, 0.5) is 10.3 Å². The molecule has 6 rings (SSSR count). The Morgan fingerprint density at radius 1 is 1.03 bits per heavy atom. The molecule has 2 aliphatic carbocycles. The fraction of sp³-hybridized carbons (Fsp3) is 0.433. The standard InChI is InChI=1S/C30H33FN4O3/c1-29(2,20-5-9-24(10-6-20)38-25-11-21(32)12-25)19-3-7-23(8-4-19)37-16-27-26(31)15-33-28(34-27)35-17-30(18-35)13-22(36)14-30/h3-10,15,21,25H,11-14,16-18,32H2,1-2H3. The minimum absolute atomic E-state index is 0.00885. The zero-order valence-electron chi connectivity index (χ0n) is 21.8. The number of Topliss-reactive ketones (excluding diaryl/α,β-unsaturated/α-hetero) is 1. The third-order valence-electron chi connectivity index (χ3n) is 8.25. The number of hydrogen-bond donors (Lipinski definition) is 1. The van der Waals surface area contributed by atoms with Crippen LogP contribution >= 0.6 is 0 Å². The van der Waals surface area contributed by atoms with Crippen molar-refractivity contribution in [1.29, 1.82) is 0 Å². The highest BCUT2D eigenvalue weighted by molar-refractivity contribution is 5.87. The zero-order valence-corrected chi connectivity index (χ0v) is 21.8. The second kappa shape index (κ2) is 9.34. The van der Waals surface area contributed by atoms with Gasteiger partial charge in [-0.15, -0.1) is 0 Å². The van der Waals surface area contributed by atoms with Crippen molar-refractivity contribution < 1.29 is 18.7 Å². The molecule has 0 amide bonds. The predicted octanol–water partition coefficient (Wildman–Crippen LogP) is 4.56. The summed E-state index contributed by atoms with van der Waals surface area (Å²) in [4.78, 5) is 21.9. The van der Waals surface area contributed by atoms with Gasteiger partial charge in [-0.3, -0.25) is 4.79 Å². The Balaban J connectivity index is 1.06. The minimum atomic E-state index is -0.492. The third-order valence-corrected chi connectivity index (χ3v) is 8.25. The first-order valence-corrected chi connectivity index (χ1v) is 13.2. The molecule has 3 aromatic rings. The summed E-state index contributed by atoms with van der Waals surface area (Å²) in [5.74, 6) is 1.82. The highest BCUT2D eigenvalue weighted by Gasteiger charge is 2.52. The molecule has 1 aliphatic heterocycles. The van der Waals surface area contributed by atoms with Gasteiger partial charge in [0, 0.05) is 42.8 Å². The lowest BCUT2D eigenvalue weighted by molar-refractivity contribution is -0.134. The van der Waals surface area contributed by atoms with Gasteiger partial charge in [0.05, 0.1) is 6.20 Å². The Morgan fingerprint density at radius 3 is 2.21 bits per heavy atom. The molecule has 3 fully saturated rings. The molecule has 0 bridgehead atoms. The van der Waals surface area contributed by atoms with E-state index in [0.717, 1.165) is 37.2 Å². The van der Waals surface area contributed by atoms with Crippen molar-refractivity contribution in [1.82, 2.24) is 9.97 Å². The summed E-state index contributed by atoms with van der Waals surface area (Å²) in [6, 6.07) is 16.4. The summed E-state index contributed by atoms with van der Waals surface area (Å²) in [6.45, 7) is 5.86. The van der Waals surface area contributed by atoms with E-state index in [4.69, 9.17) is 15.2 Å². The number of hydrogen-bond acceptors (Lipinski definition) is 7. The van der Waals surface area contributed by atoms with Crippen LogP contribution in [0.1, 0.15) is 56.4 Å². The Hall–Kier alpha value is -3.52. The Labute approximate surface area is 222 Å². The second-order valence-electron chi connectivity index (χ2n) is 11.6. The van der Waals surface area contributed by atoms with E-state index >= 15 is 0 Å². The van der Waals surface area contributed by atoms with Gasteiger partial charge in [-0.25, -0.2) is 14.4 Å². The molecule has 2 aromatic carbocycles. The van der Waals surface area contributed by atoms with Crippen molar-refractivity contribution in [2.75, 3.05) is 18.0 Å². The largest absolute Gasteiger partial charge is 0.490 e. The average molecular weight is 517 g/mol. The van der Waals surface area contributed by atoms with Crippen LogP contribution in [0.15, 0.2) is 54.7 Å². The van der Waals surface area contributed by atoms with E-state index in [9.17, 15) is 9.18 Å². The fourth-order valence-corrected chi connectivity index (χ4v) is 5.69. The molecule has 1 aromatic heterocycles. The molecule has 0 unspecified atom stereocenters. The van der Waals surface area contributed by atoms with Crippen LogP contribution in [0.25, 0.3) is 0 Å². The Bertz CT molecular complexity index is 1320. The molecule has 2 N–H and O–H groups in total. The summed E-state index contributed by atoms with van der Waals surface area (Å²) in [6.07, 6.45) is 4.50. The molecule has 2 saturated carbocycles. The minimum Gasteiger partial charge on any atom is -0.490 e. The van der Waals surface area contributed by atoms with Crippen LogP contribution < -0.4 is 20.1 Å². The number of rotatable bonds is 8. The third kappa shape index (κ3) is 4.73. The van der Waals surface area contributed by atoms with Gasteiger partial charge in [-0.05, 0) is 48.2 Å². The number of anilines is 1. The highest BCUT2D eigenvalue weighted by Crippen LogP contribution is 2.46. The number of carbonyl (C=O) groups excluding carboxylic acids is 1. The van der Waals surface area contributed by atoms with E-state index in [-0.39, 0.29) is 35.3 Å². The maximum Gasteiger partial charge on any atom is 0.225 e. The smallest absolute Gasteiger partial charge is 0.225 e. The van der Waals surface area contributed by atoms with Crippen molar-refractivity contribution in [3.05, 3.63) is 77.4 Å². The SMILES string of the molecule is CC(C)(c1ccc(OCc2nc(N3CC4(CC(=O)C4)C3)ncc2F)cc1)c1ccc(OC2CC(N)C2)cc1. The van der Waals surface area contributed by atoms with Gasteiger partial charge >= 0.3 is 0 Å². The summed E-state index contributed by atoms with van der Waals surface area (Å²) in [7, 11) is 0. The highest BCUT2D eigenvalue weighted by atomic mass is 19.1. The molecule has 0 atom stereocenters. The molecule has 1 saturated heterocycles. The topological polar surface area (TPSA) is 90.6 Å². The molecule has 8 heteroatoms. The van der Waals surface area contributed by atoms with Crippen LogP contribution in [-0.2, 0) is 16.8 Å². The first kappa shape index (κ1) is 24.8. The van der Waals surface area contributed by atoms with Crippen LogP contribution in [0.2, 0.25) is 0 Å². The monoisotopic (exact) mass is 516 g/mol. The zero-order chi connectivity index (χ0) is 26.5. The number of nitrogens with zero attached hydrogens (tertiary/aromatic N) is 3. The van der Waals surface area contributed by atoms with Gasteiger partial charge in [0.1, 0.15) is 35.7 Å². The molecule has 0 radical (unpaired) electrons. The normalized spacial score (nSPS) is 21.9. The second-order valence-corrected chi connectivity index (χ2v) is 11.6. The number of nitrogens with two attached hydrogens (primary N) is 1. The molecule has 7 nitrogen and oxygen atoms in total. The number of halogens is 1. The van der Waals surface area contributed by atoms with Gasteiger partial charge in [-0.1, -0.05) is 38.1 Å².